The molecule has 8 nitrogen and oxygen atoms in total. The molecule has 1 atom stereocenters. The van der Waals surface area contributed by atoms with Gasteiger partial charge in [-0.25, -0.2) is 4.99 Å². The van der Waals surface area contributed by atoms with E-state index in [1.807, 2.05) is 48.4 Å². The number of aliphatic imine (C=N–C) groups is 1. The molecule has 0 spiro atoms. The Bertz CT molecular complexity index is 1260. The second-order valence-electron chi connectivity index (χ2n) is 8.96. The third-order valence-corrected chi connectivity index (χ3v) is 7.14. The lowest BCUT2D eigenvalue weighted by atomic mass is 9.93. The summed E-state index contributed by atoms with van der Waals surface area (Å²) in [6.07, 6.45) is 0.177. The molecule has 0 bridgehead atoms. The van der Waals surface area contributed by atoms with Crippen LogP contribution in [0, 0.1) is 0 Å². The predicted octanol–water partition coefficient (Wildman–Crippen LogP) is 4.63. The Morgan fingerprint density at radius 3 is 2.49 bits per heavy atom. The number of amides is 2. The molecular weight excluding hydrogens is 510 g/mol. The van der Waals surface area contributed by atoms with Gasteiger partial charge in [-0.3, -0.25) is 9.59 Å². The van der Waals surface area contributed by atoms with Gasteiger partial charge in [-0.05, 0) is 68.4 Å². The Morgan fingerprint density at radius 2 is 1.84 bits per heavy atom. The number of carbonyl (C=O) groups excluding carboxylic acids is 2. The summed E-state index contributed by atoms with van der Waals surface area (Å²) < 4.78 is 5.22. The summed E-state index contributed by atoms with van der Waals surface area (Å²) in [7, 11) is 5.52. The van der Waals surface area contributed by atoms with E-state index in [9.17, 15) is 9.59 Å². The molecule has 2 amide bonds. The van der Waals surface area contributed by atoms with Crippen LogP contribution >= 0.6 is 23.4 Å². The van der Waals surface area contributed by atoms with Crippen LogP contribution in [0.5, 0.6) is 5.75 Å². The van der Waals surface area contributed by atoms with Crippen molar-refractivity contribution in [2.75, 3.05) is 39.6 Å². The van der Waals surface area contributed by atoms with Crippen molar-refractivity contribution in [2.45, 2.75) is 19.4 Å². The van der Waals surface area contributed by atoms with Crippen molar-refractivity contribution in [1.82, 2.24) is 15.1 Å². The Balaban J connectivity index is 1.64. The first-order chi connectivity index (χ1) is 17.8. The first-order valence-electron chi connectivity index (χ1n) is 11.8. The number of ether oxygens (including phenoxy) is 1. The average Bonchev–Trinajstić information content (AvgIpc) is 3.25. The minimum Gasteiger partial charge on any atom is -0.497 e. The smallest absolute Gasteiger partial charge is 0.255 e. The molecular formula is C27H30ClN5O3S. The number of hydrogen-bond acceptors (Lipinski definition) is 7. The molecule has 10 heteroatoms. The first-order valence-corrected chi connectivity index (χ1v) is 13.1. The standard InChI is InChI=1S/C27H30ClN5O3S/c1-17-24(26(35)31-20-9-11-22(36-4)12-10-20)25(18-5-7-19(28)8-6-18)33-21(16-37-27(33)30-17)15-23(34)29-13-14-32(2)3/h5-12,16,25H,13-15H2,1-4H3,(H,29,34)(H,31,35). The highest BCUT2D eigenvalue weighted by Crippen LogP contribution is 2.45. The molecule has 37 heavy (non-hydrogen) atoms. The van der Waals surface area contributed by atoms with Crippen molar-refractivity contribution in [3.8, 4) is 5.75 Å². The van der Waals surface area contributed by atoms with Crippen LogP contribution in [0.2, 0.25) is 5.02 Å². The average molecular weight is 540 g/mol. The van der Waals surface area contributed by atoms with Crippen molar-refractivity contribution >= 4 is 46.0 Å². The molecule has 2 N–H and O–H groups in total. The van der Waals surface area contributed by atoms with Crippen molar-refractivity contribution in [2.24, 2.45) is 4.99 Å². The van der Waals surface area contributed by atoms with Gasteiger partial charge in [0.15, 0.2) is 5.17 Å². The number of amidine groups is 1. The molecule has 0 saturated heterocycles. The molecule has 2 aliphatic rings. The van der Waals surface area contributed by atoms with E-state index >= 15 is 0 Å². The van der Waals surface area contributed by atoms with Crippen LogP contribution in [-0.4, -0.2) is 61.1 Å². The van der Waals surface area contributed by atoms with E-state index < -0.39 is 6.04 Å². The van der Waals surface area contributed by atoms with Gasteiger partial charge in [0, 0.05) is 29.5 Å². The van der Waals surface area contributed by atoms with Gasteiger partial charge in [0.25, 0.3) is 5.91 Å². The van der Waals surface area contributed by atoms with Crippen LogP contribution in [0.1, 0.15) is 24.9 Å². The lowest BCUT2D eigenvalue weighted by molar-refractivity contribution is -0.120. The Labute approximate surface area is 226 Å². The van der Waals surface area contributed by atoms with Gasteiger partial charge in [0.2, 0.25) is 5.91 Å². The van der Waals surface area contributed by atoms with E-state index in [0.717, 1.165) is 23.0 Å². The number of methoxy groups -OCH3 is 1. The zero-order valence-electron chi connectivity index (χ0n) is 21.2. The number of rotatable bonds is 9. The van der Waals surface area contributed by atoms with Crippen LogP contribution < -0.4 is 15.4 Å². The molecule has 2 heterocycles. The summed E-state index contributed by atoms with van der Waals surface area (Å²) >= 11 is 7.63. The quantitative estimate of drug-likeness (QED) is 0.483. The Morgan fingerprint density at radius 1 is 1.14 bits per heavy atom. The highest BCUT2D eigenvalue weighted by Gasteiger charge is 2.40. The number of nitrogens with one attached hydrogen (secondary N) is 2. The van der Waals surface area contributed by atoms with E-state index in [-0.39, 0.29) is 18.2 Å². The number of halogens is 1. The SMILES string of the molecule is COc1ccc(NC(=O)C2=C(C)N=C3SC=C(CC(=O)NCCN(C)C)N3C2c2ccc(Cl)cc2)cc1. The number of fused-ring (bicyclic) bond motifs is 1. The Hall–Kier alpha value is -3.27. The number of thioether (sulfide) groups is 1. The summed E-state index contributed by atoms with van der Waals surface area (Å²) in [6, 6.07) is 14.1. The highest BCUT2D eigenvalue weighted by atomic mass is 35.5. The van der Waals surface area contributed by atoms with E-state index in [2.05, 4.69) is 10.6 Å². The van der Waals surface area contributed by atoms with Crippen LogP contribution in [-0.2, 0) is 9.59 Å². The maximum absolute atomic E-state index is 13.7. The maximum Gasteiger partial charge on any atom is 0.255 e. The third-order valence-electron chi connectivity index (χ3n) is 6.00. The van der Waals surface area contributed by atoms with E-state index in [0.29, 0.717) is 34.3 Å². The van der Waals surface area contributed by atoms with Crippen LogP contribution in [0.25, 0.3) is 0 Å². The highest BCUT2D eigenvalue weighted by molar-refractivity contribution is 8.16. The summed E-state index contributed by atoms with van der Waals surface area (Å²) in [5.74, 6) is 0.351. The third kappa shape index (κ3) is 6.36. The molecule has 0 aromatic heterocycles. The van der Waals surface area contributed by atoms with Crippen molar-refractivity contribution in [3.63, 3.8) is 0 Å². The van der Waals surface area contributed by atoms with Gasteiger partial charge in [0.05, 0.1) is 30.8 Å². The fourth-order valence-electron chi connectivity index (χ4n) is 4.14. The van der Waals surface area contributed by atoms with E-state index in [1.54, 1.807) is 43.5 Å². The van der Waals surface area contributed by atoms with E-state index in [1.165, 1.54) is 11.8 Å². The molecule has 0 fully saturated rings. The monoisotopic (exact) mass is 539 g/mol. The van der Waals surface area contributed by atoms with Gasteiger partial charge in [-0.2, -0.15) is 0 Å². The second-order valence-corrected chi connectivity index (χ2v) is 10.2. The van der Waals surface area contributed by atoms with Crippen LogP contribution in [0.15, 0.2) is 75.9 Å². The lowest BCUT2D eigenvalue weighted by Crippen LogP contribution is -2.39. The maximum atomic E-state index is 13.7. The van der Waals surface area contributed by atoms with E-state index in [4.69, 9.17) is 21.3 Å². The van der Waals surface area contributed by atoms with Crippen molar-refractivity contribution < 1.29 is 14.3 Å². The predicted molar refractivity (Wildman–Crippen MR) is 150 cm³/mol. The normalized spacial score (nSPS) is 16.8. The number of carbonyl (C=O) groups is 2. The molecule has 0 radical (unpaired) electrons. The lowest BCUT2D eigenvalue weighted by Gasteiger charge is -2.36. The molecule has 0 saturated carbocycles. The number of allylic oxidation sites excluding steroid dienone is 1. The van der Waals surface area contributed by atoms with Gasteiger partial charge in [-0.15, -0.1) is 0 Å². The summed E-state index contributed by atoms with van der Waals surface area (Å²) in [4.78, 5) is 35.2. The number of anilines is 1. The van der Waals surface area contributed by atoms with Crippen LogP contribution in [0.4, 0.5) is 5.69 Å². The molecule has 2 aromatic rings. The van der Waals surface area contributed by atoms with Gasteiger partial charge in [0.1, 0.15) is 5.75 Å². The number of benzene rings is 2. The summed E-state index contributed by atoms with van der Waals surface area (Å²) in [6.45, 7) is 3.14. The largest absolute Gasteiger partial charge is 0.497 e. The molecule has 194 valence electrons. The molecule has 2 aromatic carbocycles. The van der Waals surface area contributed by atoms with Crippen molar-refractivity contribution in [3.05, 3.63) is 81.5 Å². The summed E-state index contributed by atoms with van der Waals surface area (Å²) in [5, 5.41) is 9.23. The molecule has 0 aliphatic carbocycles. The molecule has 1 unspecified atom stereocenters. The van der Waals surface area contributed by atoms with Crippen LogP contribution in [0.3, 0.4) is 0 Å². The second kappa shape index (κ2) is 11.9. The number of nitrogens with zero attached hydrogens (tertiary/aromatic N) is 3. The minimum absolute atomic E-state index is 0.0830. The zero-order valence-corrected chi connectivity index (χ0v) is 22.8. The topological polar surface area (TPSA) is 86.3 Å². The number of likely N-dealkylation sites (N-methyl/N-ethyl adjacent to an activating group) is 1. The zero-order chi connectivity index (χ0) is 26.5. The summed E-state index contributed by atoms with van der Waals surface area (Å²) in [5.41, 5.74) is 3.42. The van der Waals surface area contributed by atoms with Crippen molar-refractivity contribution in [1.29, 1.82) is 0 Å². The van der Waals surface area contributed by atoms with Gasteiger partial charge in [-0.1, -0.05) is 35.5 Å². The minimum atomic E-state index is -0.473. The van der Waals surface area contributed by atoms with Gasteiger partial charge >= 0.3 is 0 Å². The van der Waals surface area contributed by atoms with Gasteiger partial charge < -0.3 is 25.2 Å². The fourth-order valence-corrected chi connectivity index (χ4v) is 5.23. The molecule has 2 aliphatic heterocycles. The first kappa shape index (κ1) is 26.8. The molecule has 4 rings (SSSR count). The Kier molecular flexibility index (Phi) is 8.58. The fraction of sp³-hybridized carbons (Fsp3) is 0.296. The number of hydrogen-bond donors (Lipinski definition) is 2.